The Labute approximate surface area is 130 Å². The summed E-state index contributed by atoms with van der Waals surface area (Å²) in [5.41, 5.74) is 1.17. The predicted molar refractivity (Wildman–Crippen MR) is 86.0 cm³/mol. The van der Waals surface area contributed by atoms with Crippen molar-refractivity contribution in [1.82, 2.24) is 0 Å². The Kier molecular flexibility index (Phi) is 2.44. The van der Waals surface area contributed by atoms with E-state index in [9.17, 15) is 4.79 Å². The second-order valence-electron chi connectivity index (χ2n) is 10.3. The Morgan fingerprint density at radius 3 is 2.33 bits per heavy atom. The van der Waals surface area contributed by atoms with Crippen LogP contribution in [0.25, 0.3) is 0 Å². The van der Waals surface area contributed by atoms with E-state index < -0.39 is 0 Å². The summed E-state index contributed by atoms with van der Waals surface area (Å²) in [7, 11) is 0. The average molecular weight is 288 g/mol. The second-order valence-corrected chi connectivity index (χ2v) is 10.3. The fourth-order valence-electron chi connectivity index (χ4n) is 8.19. The van der Waals surface area contributed by atoms with Crippen LogP contribution in [0.15, 0.2) is 0 Å². The summed E-state index contributed by atoms with van der Waals surface area (Å²) >= 11 is 0. The van der Waals surface area contributed by atoms with Crippen molar-refractivity contribution < 1.29 is 4.79 Å². The number of hydrogen-bond acceptors (Lipinski definition) is 1. The number of Topliss-reactive ketones (excluding diaryl/α,β-unsaturated/α-hetero) is 1. The Bertz CT molecular complexity index is 520. The molecule has 1 spiro atoms. The summed E-state index contributed by atoms with van der Waals surface area (Å²) in [5, 5.41) is 0. The van der Waals surface area contributed by atoms with Gasteiger partial charge in [-0.1, -0.05) is 41.0 Å². The molecule has 2 unspecified atom stereocenters. The number of carbonyl (C=O) groups excluding carboxylic acids is 1. The SMILES string of the molecule is CC12CC[C@@]3(C1)[C@@](C)(CCC1C(C)(C)CCC[C@@]13C)C2=O. The number of carbonyl (C=O) groups is 1. The van der Waals surface area contributed by atoms with E-state index in [-0.39, 0.29) is 10.8 Å². The minimum atomic E-state index is -0.0152. The van der Waals surface area contributed by atoms with Gasteiger partial charge >= 0.3 is 0 Å². The van der Waals surface area contributed by atoms with Crippen LogP contribution in [-0.4, -0.2) is 5.78 Å². The highest BCUT2D eigenvalue weighted by Crippen LogP contribution is 2.81. The quantitative estimate of drug-likeness (QED) is 0.585. The van der Waals surface area contributed by atoms with E-state index in [0.717, 1.165) is 18.8 Å². The molecule has 4 saturated carbocycles. The first-order valence-electron chi connectivity index (χ1n) is 9.16. The zero-order valence-corrected chi connectivity index (χ0v) is 14.6. The van der Waals surface area contributed by atoms with Gasteiger partial charge in [0.05, 0.1) is 0 Å². The highest BCUT2D eigenvalue weighted by molar-refractivity contribution is 5.94. The first kappa shape index (κ1) is 14.3. The number of fused-ring (bicyclic) bond motifs is 2. The maximum atomic E-state index is 13.2. The summed E-state index contributed by atoms with van der Waals surface area (Å²) in [4.78, 5) is 13.2. The molecule has 0 N–H and O–H groups in total. The molecule has 4 fully saturated rings. The molecule has 21 heavy (non-hydrogen) atoms. The third-order valence-electron chi connectivity index (χ3n) is 9.16. The van der Waals surface area contributed by atoms with E-state index >= 15 is 0 Å². The topological polar surface area (TPSA) is 17.1 Å². The third kappa shape index (κ3) is 1.30. The van der Waals surface area contributed by atoms with Gasteiger partial charge in [0.25, 0.3) is 0 Å². The molecule has 0 aromatic rings. The highest BCUT2D eigenvalue weighted by atomic mass is 16.1. The minimum absolute atomic E-state index is 0.00817. The van der Waals surface area contributed by atoms with Crippen LogP contribution in [0.1, 0.15) is 86.0 Å². The van der Waals surface area contributed by atoms with Gasteiger partial charge in [0.2, 0.25) is 0 Å². The van der Waals surface area contributed by atoms with Crippen molar-refractivity contribution in [3.8, 4) is 0 Å². The molecule has 4 rings (SSSR count). The molecular weight excluding hydrogens is 256 g/mol. The van der Waals surface area contributed by atoms with E-state index in [2.05, 4.69) is 34.6 Å². The van der Waals surface area contributed by atoms with Crippen LogP contribution in [0.3, 0.4) is 0 Å². The van der Waals surface area contributed by atoms with Crippen molar-refractivity contribution in [3.63, 3.8) is 0 Å². The predicted octanol–water partition coefficient (Wildman–Crippen LogP) is 5.38. The van der Waals surface area contributed by atoms with E-state index in [0.29, 0.717) is 22.0 Å². The van der Waals surface area contributed by atoms with Gasteiger partial charge in [0.1, 0.15) is 5.78 Å². The van der Waals surface area contributed by atoms with Crippen molar-refractivity contribution in [2.45, 2.75) is 86.0 Å². The minimum Gasteiger partial charge on any atom is -0.298 e. The first-order valence-corrected chi connectivity index (χ1v) is 9.16. The van der Waals surface area contributed by atoms with Crippen molar-refractivity contribution in [2.75, 3.05) is 0 Å². The van der Waals surface area contributed by atoms with Crippen LogP contribution in [0.2, 0.25) is 0 Å². The Morgan fingerprint density at radius 2 is 1.62 bits per heavy atom. The lowest BCUT2D eigenvalue weighted by Crippen LogP contribution is -2.61. The molecule has 0 aliphatic heterocycles. The van der Waals surface area contributed by atoms with Gasteiger partial charge in [0.15, 0.2) is 0 Å². The van der Waals surface area contributed by atoms with Crippen LogP contribution >= 0.6 is 0 Å². The molecular formula is C20H32O. The molecule has 0 radical (unpaired) electrons. The van der Waals surface area contributed by atoms with E-state index in [1.165, 1.54) is 38.5 Å². The summed E-state index contributed by atoms with van der Waals surface area (Å²) in [5.74, 6) is 1.45. The van der Waals surface area contributed by atoms with Crippen LogP contribution < -0.4 is 0 Å². The molecule has 5 atom stereocenters. The molecule has 0 aromatic carbocycles. The van der Waals surface area contributed by atoms with Gasteiger partial charge in [-0.05, 0) is 67.1 Å². The molecule has 4 aliphatic carbocycles. The fraction of sp³-hybridized carbons (Fsp3) is 0.950. The maximum Gasteiger partial charge on any atom is 0.145 e. The summed E-state index contributed by atoms with van der Waals surface area (Å²) in [6.45, 7) is 12.2. The summed E-state index contributed by atoms with van der Waals surface area (Å²) in [6.07, 6.45) is 10.2. The van der Waals surface area contributed by atoms with Gasteiger partial charge in [-0.25, -0.2) is 0 Å². The summed E-state index contributed by atoms with van der Waals surface area (Å²) < 4.78 is 0. The monoisotopic (exact) mass is 288 g/mol. The molecule has 0 aromatic heterocycles. The van der Waals surface area contributed by atoms with E-state index in [1.54, 1.807) is 0 Å². The molecule has 4 aliphatic rings. The Balaban J connectivity index is 1.89. The molecule has 118 valence electrons. The number of rotatable bonds is 0. The third-order valence-corrected chi connectivity index (χ3v) is 9.16. The Hall–Kier alpha value is -0.330. The molecule has 1 heteroatoms. The van der Waals surface area contributed by atoms with Crippen LogP contribution in [0.5, 0.6) is 0 Å². The van der Waals surface area contributed by atoms with Gasteiger partial charge in [-0.15, -0.1) is 0 Å². The van der Waals surface area contributed by atoms with Crippen LogP contribution in [0.4, 0.5) is 0 Å². The zero-order chi connectivity index (χ0) is 15.3. The van der Waals surface area contributed by atoms with Gasteiger partial charge in [-0.2, -0.15) is 0 Å². The number of ketones is 1. The first-order chi connectivity index (χ1) is 9.62. The van der Waals surface area contributed by atoms with Gasteiger partial charge in [0, 0.05) is 10.8 Å². The van der Waals surface area contributed by atoms with Crippen molar-refractivity contribution >= 4 is 5.78 Å². The lowest BCUT2D eigenvalue weighted by Gasteiger charge is -2.66. The van der Waals surface area contributed by atoms with E-state index in [4.69, 9.17) is 0 Å². The molecule has 2 bridgehead atoms. The Morgan fingerprint density at radius 1 is 0.905 bits per heavy atom. The normalized spacial score (nSPS) is 58.0. The molecule has 0 saturated heterocycles. The largest absolute Gasteiger partial charge is 0.298 e. The molecule has 1 nitrogen and oxygen atoms in total. The standard InChI is InChI=1S/C20H32O/c1-16(2)8-6-9-18(4)14(16)7-10-19(5)15(21)17(3)11-12-20(18,19)13-17/h14H,6-13H2,1-5H3/t14?,17?,18-,19-,20-/m0/s1. The zero-order valence-electron chi connectivity index (χ0n) is 14.6. The van der Waals surface area contributed by atoms with Gasteiger partial charge < -0.3 is 0 Å². The lowest BCUT2D eigenvalue weighted by molar-refractivity contribution is -0.188. The smallest absolute Gasteiger partial charge is 0.145 e. The van der Waals surface area contributed by atoms with Crippen molar-refractivity contribution in [1.29, 1.82) is 0 Å². The van der Waals surface area contributed by atoms with Gasteiger partial charge in [-0.3, -0.25) is 4.79 Å². The van der Waals surface area contributed by atoms with Crippen LogP contribution in [-0.2, 0) is 4.79 Å². The van der Waals surface area contributed by atoms with Crippen molar-refractivity contribution in [3.05, 3.63) is 0 Å². The molecule has 0 amide bonds. The fourth-order valence-corrected chi connectivity index (χ4v) is 8.19. The maximum absolute atomic E-state index is 13.2. The average Bonchev–Trinajstić information content (AvgIpc) is 2.82. The van der Waals surface area contributed by atoms with E-state index in [1.807, 2.05) is 0 Å². The van der Waals surface area contributed by atoms with Crippen molar-refractivity contribution in [2.24, 2.45) is 33.0 Å². The second kappa shape index (κ2) is 3.60. The van der Waals surface area contributed by atoms with Crippen LogP contribution in [0, 0.1) is 33.0 Å². The molecule has 0 heterocycles. The highest BCUT2D eigenvalue weighted by Gasteiger charge is 2.77. The number of hydrogen-bond donors (Lipinski definition) is 0. The summed E-state index contributed by atoms with van der Waals surface area (Å²) in [6, 6.07) is 0. The lowest BCUT2D eigenvalue weighted by atomic mass is 9.37.